The molecule has 0 bridgehead atoms. The molecule has 0 aliphatic carbocycles. The number of hydrogen-bond donors (Lipinski definition) is 1. The average Bonchev–Trinajstić information content (AvgIpc) is 2.33. The van der Waals surface area contributed by atoms with Gasteiger partial charge in [0.25, 0.3) is 0 Å². The minimum Gasteiger partial charge on any atom is -0.381 e. The standard InChI is InChI=1S/C8H7F2N/c9-5-1-2-8-6(3-5)7(10)4-11-8/h1-3,7,11H,4H2. The van der Waals surface area contributed by atoms with Crippen LogP contribution in [0.2, 0.25) is 0 Å². The van der Waals surface area contributed by atoms with E-state index in [0.29, 0.717) is 11.3 Å². The fourth-order valence-corrected chi connectivity index (χ4v) is 1.26. The van der Waals surface area contributed by atoms with Crippen molar-refractivity contribution in [2.75, 3.05) is 11.9 Å². The number of halogens is 2. The predicted molar refractivity (Wildman–Crippen MR) is 38.7 cm³/mol. The largest absolute Gasteiger partial charge is 0.381 e. The molecule has 1 nitrogen and oxygen atoms in total. The van der Waals surface area contributed by atoms with Gasteiger partial charge in [-0.1, -0.05) is 0 Å². The topological polar surface area (TPSA) is 12.0 Å². The normalized spacial score (nSPS) is 21.1. The minimum atomic E-state index is -1.05. The molecule has 0 saturated heterocycles. The zero-order chi connectivity index (χ0) is 7.84. The molecule has 2 rings (SSSR count). The van der Waals surface area contributed by atoms with E-state index in [1.165, 1.54) is 12.1 Å². The van der Waals surface area contributed by atoms with E-state index >= 15 is 0 Å². The van der Waals surface area contributed by atoms with Crippen molar-refractivity contribution in [3.63, 3.8) is 0 Å². The highest BCUT2D eigenvalue weighted by atomic mass is 19.1. The smallest absolute Gasteiger partial charge is 0.144 e. The molecule has 0 radical (unpaired) electrons. The van der Waals surface area contributed by atoms with Gasteiger partial charge >= 0.3 is 0 Å². The molecule has 0 amide bonds. The molecular weight excluding hydrogens is 148 g/mol. The van der Waals surface area contributed by atoms with Crippen LogP contribution in [0, 0.1) is 5.82 Å². The third-order valence-corrected chi connectivity index (χ3v) is 1.82. The second kappa shape index (κ2) is 2.19. The highest BCUT2D eigenvalue weighted by Gasteiger charge is 2.21. The maximum absolute atomic E-state index is 12.9. The highest BCUT2D eigenvalue weighted by molar-refractivity contribution is 5.56. The van der Waals surface area contributed by atoms with Crippen molar-refractivity contribution in [1.82, 2.24) is 0 Å². The lowest BCUT2D eigenvalue weighted by molar-refractivity contribution is 0.372. The Balaban J connectivity index is 2.52. The average molecular weight is 155 g/mol. The Morgan fingerprint density at radius 3 is 3.09 bits per heavy atom. The van der Waals surface area contributed by atoms with Crippen molar-refractivity contribution < 1.29 is 8.78 Å². The molecule has 0 fully saturated rings. The zero-order valence-corrected chi connectivity index (χ0v) is 5.77. The van der Waals surface area contributed by atoms with Crippen LogP contribution in [0.3, 0.4) is 0 Å². The Labute approximate surface area is 63.0 Å². The number of nitrogens with one attached hydrogen (secondary N) is 1. The molecule has 1 heterocycles. The van der Waals surface area contributed by atoms with Gasteiger partial charge in [-0.05, 0) is 18.2 Å². The van der Waals surface area contributed by atoms with Gasteiger partial charge in [-0.15, -0.1) is 0 Å². The van der Waals surface area contributed by atoms with Gasteiger partial charge in [0.2, 0.25) is 0 Å². The first-order chi connectivity index (χ1) is 5.27. The van der Waals surface area contributed by atoms with Crippen LogP contribution in [0.5, 0.6) is 0 Å². The summed E-state index contributed by atoms with van der Waals surface area (Å²) in [5, 5.41) is 2.84. The second-order valence-corrected chi connectivity index (χ2v) is 2.58. The van der Waals surface area contributed by atoms with E-state index in [9.17, 15) is 8.78 Å². The molecule has 1 aliphatic heterocycles. The SMILES string of the molecule is Fc1ccc2c(c1)C(F)CN2. The van der Waals surface area contributed by atoms with E-state index < -0.39 is 6.17 Å². The first-order valence-corrected chi connectivity index (χ1v) is 3.45. The summed E-state index contributed by atoms with van der Waals surface area (Å²) >= 11 is 0. The van der Waals surface area contributed by atoms with Gasteiger partial charge in [0.1, 0.15) is 12.0 Å². The van der Waals surface area contributed by atoms with Crippen molar-refractivity contribution in [2.24, 2.45) is 0 Å². The maximum Gasteiger partial charge on any atom is 0.144 e. The minimum absolute atomic E-state index is 0.263. The van der Waals surface area contributed by atoms with Gasteiger partial charge < -0.3 is 5.32 Å². The summed E-state index contributed by atoms with van der Waals surface area (Å²) in [6.07, 6.45) is -1.05. The summed E-state index contributed by atoms with van der Waals surface area (Å²) in [5.41, 5.74) is 1.14. The van der Waals surface area contributed by atoms with Crippen LogP contribution in [-0.4, -0.2) is 6.54 Å². The van der Waals surface area contributed by atoms with E-state index in [0.717, 1.165) is 0 Å². The number of benzene rings is 1. The number of fused-ring (bicyclic) bond motifs is 1. The Morgan fingerprint density at radius 1 is 1.45 bits per heavy atom. The van der Waals surface area contributed by atoms with Gasteiger partial charge in [-0.25, -0.2) is 8.78 Å². The summed E-state index contributed by atoms with van der Waals surface area (Å²) in [6.45, 7) is 0.263. The van der Waals surface area contributed by atoms with E-state index in [2.05, 4.69) is 5.32 Å². The van der Waals surface area contributed by atoms with Gasteiger partial charge in [0, 0.05) is 11.3 Å². The summed E-state index contributed by atoms with van der Waals surface area (Å²) in [6, 6.07) is 4.12. The van der Waals surface area contributed by atoms with Crippen LogP contribution in [0.15, 0.2) is 18.2 Å². The lowest BCUT2D eigenvalue weighted by Crippen LogP contribution is -1.94. The molecule has 58 valence electrons. The zero-order valence-electron chi connectivity index (χ0n) is 5.77. The Morgan fingerprint density at radius 2 is 2.27 bits per heavy atom. The van der Waals surface area contributed by atoms with Crippen molar-refractivity contribution in [3.8, 4) is 0 Å². The van der Waals surface area contributed by atoms with Crippen LogP contribution in [0.25, 0.3) is 0 Å². The molecule has 1 aromatic carbocycles. The maximum atomic E-state index is 12.9. The van der Waals surface area contributed by atoms with E-state index in [-0.39, 0.29) is 12.4 Å². The van der Waals surface area contributed by atoms with Crippen LogP contribution in [0.1, 0.15) is 11.7 Å². The van der Waals surface area contributed by atoms with Gasteiger partial charge in [-0.2, -0.15) is 0 Å². The lowest BCUT2D eigenvalue weighted by atomic mass is 10.1. The fraction of sp³-hybridized carbons (Fsp3) is 0.250. The van der Waals surface area contributed by atoms with Gasteiger partial charge in [0.15, 0.2) is 0 Å². The number of hydrogen-bond acceptors (Lipinski definition) is 1. The fourth-order valence-electron chi connectivity index (χ4n) is 1.26. The molecular formula is C8H7F2N. The Kier molecular flexibility index (Phi) is 1.31. The number of anilines is 1. The first kappa shape index (κ1) is 6.58. The quantitative estimate of drug-likeness (QED) is 0.606. The van der Waals surface area contributed by atoms with Crippen LogP contribution >= 0.6 is 0 Å². The van der Waals surface area contributed by atoms with Crippen LogP contribution < -0.4 is 5.32 Å². The lowest BCUT2D eigenvalue weighted by Gasteiger charge is -1.98. The van der Waals surface area contributed by atoms with Crippen LogP contribution in [0.4, 0.5) is 14.5 Å². The van der Waals surface area contributed by atoms with Gasteiger partial charge in [0.05, 0.1) is 6.54 Å². The van der Waals surface area contributed by atoms with E-state index in [1.54, 1.807) is 6.07 Å². The summed E-state index contributed by atoms with van der Waals surface area (Å²) in [7, 11) is 0. The van der Waals surface area contributed by atoms with Crippen molar-refractivity contribution in [3.05, 3.63) is 29.6 Å². The van der Waals surface area contributed by atoms with E-state index in [1.807, 2.05) is 0 Å². The number of alkyl halides is 1. The first-order valence-electron chi connectivity index (χ1n) is 3.45. The highest BCUT2D eigenvalue weighted by Crippen LogP contribution is 2.32. The van der Waals surface area contributed by atoms with Crippen molar-refractivity contribution >= 4 is 5.69 Å². The molecule has 1 aromatic rings. The Bertz CT molecular complexity index is 285. The predicted octanol–water partition coefficient (Wildman–Crippen LogP) is 2.26. The molecule has 3 heteroatoms. The summed E-state index contributed by atoms with van der Waals surface area (Å²) < 4.78 is 25.4. The Hall–Kier alpha value is -1.12. The molecule has 1 unspecified atom stereocenters. The molecule has 0 spiro atoms. The molecule has 1 aliphatic rings. The number of rotatable bonds is 0. The molecule has 0 aromatic heterocycles. The molecule has 1 N–H and O–H groups in total. The van der Waals surface area contributed by atoms with E-state index in [4.69, 9.17) is 0 Å². The molecule has 0 saturated carbocycles. The summed E-state index contributed by atoms with van der Waals surface area (Å²) in [5.74, 6) is -0.380. The summed E-state index contributed by atoms with van der Waals surface area (Å²) in [4.78, 5) is 0. The second-order valence-electron chi connectivity index (χ2n) is 2.58. The van der Waals surface area contributed by atoms with Crippen molar-refractivity contribution in [1.29, 1.82) is 0 Å². The third kappa shape index (κ3) is 0.964. The molecule has 1 atom stereocenters. The van der Waals surface area contributed by atoms with Crippen LogP contribution in [-0.2, 0) is 0 Å². The monoisotopic (exact) mass is 155 g/mol. The van der Waals surface area contributed by atoms with Gasteiger partial charge in [-0.3, -0.25) is 0 Å². The molecule has 11 heavy (non-hydrogen) atoms. The third-order valence-electron chi connectivity index (χ3n) is 1.82. The van der Waals surface area contributed by atoms with Crippen molar-refractivity contribution in [2.45, 2.75) is 6.17 Å².